The van der Waals surface area contributed by atoms with Crippen LogP contribution in [0.4, 0.5) is 10.5 Å². The van der Waals surface area contributed by atoms with Crippen LogP contribution in [0.25, 0.3) is 0 Å². The zero-order valence-electron chi connectivity index (χ0n) is 11.0. The molecular formula is C13H17N3O4. The predicted molar refractivity (Wildman–Crippen MR) is 73.0 cm³/mol. The Balaban J connectivity index is 1.93. The van der Waals surface area contributed by atoms with Gasteiger partial charge in [-0.3, -0.25) is 0 Å². The topological polar surface area (TPSA) is 90.9 Å². The number of nitrogens with one attached hydrogen (secondary N) is 2. The number of benzene rings is 1. The number of carboxylic acid groups (broad SMARTS) is 1. The average Bonchev–Trinajstić information content (AvgIpc) is 2.46. The minimum absolute atomic E-state index is 0.165. The number of amides is 2. The molecule has 1 heterocycles. The Morgan fingerprint density at radius 1 is 1.35 bits per heavy atom. The number of nitrogens with zero attached hydrogens (tertiary/aromatic N) is 1. The van der Waals surface area contributed by atoms with Gasteiger partial charge in [-0.05, 0) is 12.1 Å². The minimum Gasteiger partial charge on any atom is -0.482 e. The second-order valence-electron chi connectivity index (χ2n) is 4.38. The van der Waals surface area contributed by atoms with E-state index in [2.05, 4.69) is 10.6 Å². The van der Waals surface area contributed by atoms with Crippen LogP contribution in [0.3, 0.4) is 0 Å². The lowest BCUT2D eigenvalue weighted by atomic mass is 10.3. The fourth-order valence-corrected chi connectivity index (χ4v) is 1.88. The smallest absolute Gasteiger partial charge is 0.341 e. The largest absolute Gasteiger partial charge is 0.482 e. The number of hydrogen-bond donors (Lipinski definition) is 3. The van der Waals surface area contributed by atoms with Crippen molar-refractivity contribution in [1.82, 2.24) is 10.2 Å². The summed E-state index contributed by atoms with van der Waals surface area (Å²) < 4.78 is 5.06. The highest BCUT2D eigenvalue weighted by Crippen LogP contribution is 2.17. The Labute approximate surface area is 116 Å². The third kappa shape index (κ3) is 4.13. The molecule has 1 fully saturated rings. The number of hydrogen-bond acceptors (Lipinski definition) is 4. The number of piperazine rings is 1. The molecule has 0 aromatic heterocycles. The molecular weight excluding hydrogens is 262 g/mol. The van der Waals surface area contributed by atoms with Gasteiger partial charge in [-0.15, -0.1) is 0 Å². The summed E-state index contributed by atoms with van der Waals surface area (Å²) >= 11 is 0. The second-order valence-corrected chi connectivity index (χ2v) is 4.38. The molecule has 0 aliphatic carbocycles. The maximum Gasteiger partial charge on any atom is 0.341 e. The normalized spacial score (nSPS) is 14.7. The van der Waals surface area contributed by atoms with Gasteiger partial charge < -0.3 is 25.4 Å². The summed E-state index contributed by atoms with van der Waals surface area (Å²) in [4.78, 5) is 24.2. The first-order chi connectivity index (χ1) is 9.65. The van der Waals surface area contributed by atoms with Gasteiger partial charge in [0.15, 0.2) is 6.61 Å². The number of urea groups is 1. The number of carboxylic acids is 1. The molecule has 0 spiro atoms. The Morgan fingerprint density at radius 3 is 2.80 bits per heavy atom. The van der Waals surface area contributed by atoms with Gasteiger partial charge in [0.25, 0.3) is 0 Å². The summed E-state index contributed by atoms with van der Waals surface area (Å²) in [5, 5.41) is 14.5. The molecule has 2 rings (SSSR count). The van der Waals surface area contributed by atoms with Crippen LogP contribution in [0, 0.1) is 0 Å². The molecule has 0 atom stereocenters. The van der Waals surface area contributed by atoms with E-state index >= 15 is 0 Å². The molecule has 1 aliphatic rings. The number of anilines is 1. The van der Waals surface area contributed by atoms with Crippen molar-refractivity contribution < 1.29 is 19.4 Å². The third-order valence-electron chi connectivity index (χ3n) is 2.85. The molecule has 7 nitrogen and oxygen atoms in total. The van der Waals surface area contributed by atoms with Crippen molar-refractivity contribution in [1.29, 1.82) is 0 Å². The van der Waals surface area contributed by atoms with E-state index in [0.29, 0.717) is 24.5 Å². The van der Waals surface area contributed by atoms with Crippen molar-refractivity contribution in [2.75, 3.05) is 38.1 Å². The molecule has 7 heteroatoms. The third-order valence-corrected chi connectivity index (χ3v) is 2.85. The first-order valence-electron chi connectivity index (χ1n) is 6.36. The molecule has 2 amide bonds. The fourth-order valence-electron chi connectivity index (χ4n) is 1.88. The Morgan fingerprint density at radius 2 is 2.10 bits per heavy atom. The van der Waals surface area contributed by atoms with E-state index < -0.39 is 12.6 Å². The Bertz CT molecular complexity index is 486. The molecule has 1 saturated heterocycles. The van der Waals surface area contributed by atoms with E-state index in [0.717, 1.165) is 13.1 Å². The molecule has 108 valence electrons. The number of ether oxygens (including phenoxy) is 1. The summed E-state index contributed by atoms with van der Waals surface area (Å²) in [5.74, 6) is -0.634. The van der Waals surface area contributed by atoms with E-state index in [-0.39, 0.29) is 6.03 Å². The summed E-state index contributed by atoms with van der Waals surface area (Å²) in [6.45, 7) is 2.50. The van der Waals surface area contributed by atoms with E-state index in [1.807, 2.05) is 0 Å². The summed E-state index contributed by atoms with van der Waals surface area (Å²) in [7, 11) is 0. The summed E-state index contributed by atoms with van der Waals surface area (Å²) in [6.07, 6.45) is 0. The van der Waals surface area contributed by atoms with Crippen molar-refractivity contribution in [2.24, 2.45) is 0 Å². The first-order valence-corrected chi connectivity index (χ1v) is 6.36. The van der Waals surface area contributed by atoms with Crippen molar-refractivity contribution in [3.63, 3.8) is 0 Å². The maximum atomic E-state index is 12.0. The van der Waals surface area contributed by atoms with Gasteiger partial charge in [-0.1, -0.05) is 6.07 Å². The van der Waals surface area contributed by atoms with Gasteiger partial charge in [0.05, 0.1) is 0 Å². The molecule has 1 aromatic carbocycles. The van der Waals surface area contributed by atoms with Crippen molar-refractivity contribution in [2.45, 2.75) is 0 Å². The van der Waals surface area contributed by atoms with Crippen molar-refractivity contribution in [3.8, 4) is 5.75 Å². The van der Waals surface area contributed by atoms with Gasteiger partial charge in [0.1, 0.15) is 5.75 Å². The van der Waals surface area contributed by atoms with Crippen LogP contribution in [-0.2, 0) is 4.79 Å². The van der Waals surface area contributed by atoms with Crippen molar-refractivity contribution in [3.05, 3.63) is 24.3 Å². The zero-order chi connectivity index (χ0) is 14.4. The van der Waals surface area contributed by atoms with Gasteiger partial charge in [-0.25, -0.2) is 9.59 Å². The number of aliphatic carboxylic acids is 1. The fraction of sp³-hybridized carbons (Fsp3) is 0.385. The first kappa shape index (κ1) is 14.1. The van der Waals surface area contributed by atoms with E-state index in [1.54, 1.807) is 29.2 Å². The number of rotatable bonds is 4. The van der Waals surface area contributed by atoms with E-state index in [1.165, 1.54) is 0 Å². The van der Waals surface area contributed by atoms with Crippen LogP contribution >= 0.6 is 0 Å². The van der Waals surface area contributed by atoms with Crippen LogP contribution in [0.5, 0.6) is 5.75 Å². The van der Waals surface area contributed by atoms with Crippen molar-refractivity contribution >= 4 is 17.7 Å². The second kappa shape index (κ2) is 6.76. The number of carbonyl (C=O) groups excluding carboxylic acids is 1. The lowest BCUT2D eigenvalue weighted by Gasteiger charge is -2.27. The van der Waals surface area contributed by atoms with Gasteiger partial charge in [-0.2, -0.15) is 0 Å². The summed E-state index contributed by atoms with van der Waals surface area (Å²) in [6, 6.07) is 6.51. The van der Waals surface area contributed by atoms with E-state index in [9.17, 15) is 9.59 Å². The van der Waals surface area contributed by atoms with E-state index in [4.69, 9.17) is 9.84 Å². The van der Waals surface area contributed by atoms with Crippen LogP contribution in [0.1, 0.15) is 0 Å². The minimum atomic E-state index is -1.04. The molecule has 1 aliphatic heterocycles. The van der Waals surface area contributed by atoms with Crippen LogP contribution in [0.2, 0.25) is 0 Å². The predicted octanol–water partition coefficient (Wildman–Crippen LogP) is 0.587. The lowest BCUT2D eigenvalue weighted by Crippen LogP contribution is -2.48. The highest BCUT2D eigenvalue weighted by molar-refractivity contribution is 5.89. The van der Waals surface area contributed by atoms with Crippen LogP contribution in [-0.4, -0.2) is 54.8 Å². The van der Waals surface area contributed by atoms with Gasteiger partial charge in [0, 0.05) is 37.9 Å². The molecule has 0 saturated carbocycles. The van der Waals surface area contributed by atoms with Crippen LogP contribution in [0.15, 0.2) is 24.3 Å². The lowest BCUT2D eigenvalue weighted by molar-refractivity contribution is -0.139. The Hall–Kier alpha value is -2.28. The molecule has 0 bridgehead atoms. The molecule has 0 radical (unpaired) electrons. The molecule has 3 N–H and O–H groups in total. The molecule has 0 unspecified atom stereocenters. The summed E-state index contributed by atoms with van der Waals surface area (Å²) in [5.41, 5.74) is 0.580. The average molecular weight is 279 g/mol. The monoisotopic (exact) mass is 279 g/mol. The highest BCUT2D eigenvalue weighted by Gasteiger charge is 2.16. The Kier molecular flexibility index (Phi) is 4.78. The standard InChI is InChI=1S/C13H17N3O4/c17-12(18)9-20-11-3-1-2-10(8-11)15-13(19)16-6-4-14-5-7-16/h1-3,8,14H,4-7,9H2,(H,15,19)(H,17,18). The maximum absolute atomic E-state index is 12.0. The zero-order valence-corrected chi connectivity index (χ0v) is 11.0. The highest BCUT2D eigenvalue weighted by atomic mass is 16.5. The number of carbonyl (C=O) groups is 2. The van der Waals surface area contributed by atoms with Gasteiger partial charge >= 0.3 is 12.0 Å². The quantitative estimate of drug-likeness (QED) is 0.750. The van der Waals surface area contributed by atoms with Gasteiger partial charge in [0.2, 0.25) is 0 Å². The molecule has 20 heavy (non-hydrogen) atoms. The SMILES string of the molecule is O=C(O)COc1cccc(NC(=O)N2CCNCC2)c1. The van der Waals surface area contributed by atoms with Crippen LogP contribution < -0.4 is 15.4 Å². The molecule has 1 aromatic rings.